The molecule has 5 heteroatoms. The number of esters is 1. The van der Waals surface area contributed by atoms with Crippen molar-refractivity contribution in [3.8, 4) is 0 Å². The average molecular weight is 639 g/mol. The molecular formula is C28H38HgO4. The Morgan fingerprint density at radius 1 is 0.788 bits per heavy atom. The Hall–Kier alpha value is -1.94. The van der Waals surface area contributed by atoms with Gasteiger partial charge < -0.3 is 9.84 Å². The van der Waals surface area contributed by atoms with Crippen LogP contribution in [0.5, 0.6) is 0 Å². The van der Waals surface area contributed by atoms with Crippen LogP contribution in [0.1, 0.15) is 77.6 Å². The molecule has 0 amide bonds. The van der Waals surface area contributed by atoms with Crippen LogP contribution in [-0.4, -0.2) is 17.0 Å². The number of carbonyl (C=O) groups is 2. The molecule has 0 heterocycles. The van der Waals surface area contributed by atoms with Crippen LogP contribution < -0.4 is 6.14 Å². The van der Waals surface area contributed by atoms with Crippen LogP contribution in [0.25, 0.3) is 0 Å². The molecule has 0 atom stereocenters. The zero-order chi connectivity index (χ0) is 24.0. The molecule has 0 radical (unpaired) electrons. The van der Waals surface area contributed by atoms with Gasteiger partial charge in [-0.3, -0.25) is 9.59 Å². The Labute approximate surface area is 211 Å². The number of unbranched alkanes of at least 4 members (excludes halogenated alkanes) is 8. The molecule has 33 heavy (non-hydrogen) atoms. The number of aliphatic carboxylic acids is 1. The summed E-state index contributed by atoms with van der Waals surface area (Å²) in [6.45, 7) is 2.22. The molecule has 2 rings (SSSR count). The van der Waals surface area contributed by atoms with Gasteiger partial charge in [0.25, 0.3) is 0 Å². The maximum atomic E-state index is 11.1. The van der Waals surface area contributed by atoms with Gasteiger partial charge in [-0.05, 0) is 18.9 Å². The fourth-order valence-corrected chi connectivity index (χ4v) is 9.06. The van der Waals surface area contributed by atoms with Gasteiger partial charge in [0.15, 0.2) is 0 Å². The Balaban J connectivity index is 0.000000357. The van der Waals surface area contributed by atoms with E-state index in [4.69, 9.17) is 9.84 Å². The first kappa shape index (κ1) is 29.1. The predicted octanol–water partition coefficient (Wildman–Crippen LogP) is 6.16. The van der Waals surface area contributed by atoms with Crippen LogP contribution in [0.15, 0.2) is 73.0 Å². The van der Waals surface area contributed by atoms with Crippen molar-refractivity contribution in [2.45, 2.75) is 77.6 Å². The summed E-state index contributed by atoms with van der Waals surface area (Å²) in [6, 6.07) is 21.8. The standard InChI is InChI=1S/C16H28O4.2C6H5.Hg/c1-2-3-4-5-6-7-8-9-10-11-14-20-16(19)13-12-15(17)18;2*1-2-4-6-5-3-1;/h11,14H,2-10,12-13H2,1H3,(H,17,18);2*1-5H;. The van der Waals surface area contributed by atoms with Crippen LogP contribution in [0.3, 0.4) is 0 Å². The minimum absolute atomic E-state index is 0.0720. The Bertz CT molecular complexity index is 737. The SMILES string of the molecule is CCCCCCCCCCC=COC(=O)CCC(=O)O.c1cc[c]([Hg][c]2ccccc2)cc1. The Kier molecular flexibility index (Phi) is 18.2. The van der Waals surface area contributed by atoms with Crippen molar-refractivity contribution >= 4 is 18.1 Å². The van der Waals surface area contributed by atoms with E-state index in [-0.39, 0.29) is 12.8 Å². The third-order valence-corrected chi connectivity index (χ3v) is 12.0. The molecule has 0 saturated heterocycles. The van der Waals surface area contributed by atoms with Gasteiger partial charge in [-0.25, -0.2) is 0 Å². The van der Waals surface area contributed by atoms with E-state index in [0.29, 0.717) is 0 Å². The van der Waals surface area contributed by atoms with E-state index < -0.39 is 36.5 Å². The van der Waals surface area contributed by atoms with Crippen molar-refractivity contribution in [2.24, 2.45) is 0 Å². The zero-order valence-corrected chi connectivity index (χ0v) is 25.6. The average Bonchev–Trinajstić information content (AvgIpc) is 2.83. The fourth-order valence-electron chi connectivity index (χ4n) is 3.28. The Morgan fingerprint density at radius 2 is 1.30 bits per heavy atom. The first-order chi connectivity index (χ1) is 16.1. The molecule has 2 aromatic carbocycles. The molecule has 0 aliphatic carbocycles. The first-order valence-electron chi connectivity index (χ1n) is 12.3. The van der Waals surface area contributed by atoms with Gasteiger partial charge in [-0.1, -0.05) is 51.9 Å². The van der Waals surface area contributed by atoms with Crippen LogP contribution in [-0.2, 0) is 38.9 Å². The van der Waals surface area contributed by atoms with E-state index >= 15 is 0 Å². The van der Waals surface area contributed by atoms with E-state index in [9.17, 15) is 9.59 Å². The number of carboxylic acid groups (broad SMARTS) is 1. The number of carboxylic acids is 1. The molecule has 0 unspecified atom stereocenters. The van der Waals surface area contributed by atoms with Gasteiger partial charge in [0.05, 0.1) is 19.1 Å². The quantitative estimate of drug-likeness (QED) is 0.110. The molecular weight excluding hydrogens is 601 g/mol. The third-order valence-electron chi connectivity index (χ3n) is 5.16. The number of benzene rings is 2. The molecule has 4 nitrogen and oxygen atoms in total. The summed E-state index contributed by atoms with van der Waals surface area (Å²) in [4.78, 5) is 21.3. The zero-order valence-electron chi connectivity index (χ0n) is 20.1. The third kappa shape index (κ3) is 18.2. The van der Waals surface area contributed by atoms with Gasteiger partial charge in [-0.2, -0.15) is 0 Å². The van der Waals surface area contributed by atoms with Crippen molar-refractivity contribution in [1.29, 1.82) is 0 Å². The van der Waals surface area contributed by atoms with Crippen molar-refractivity contribution in [3.05, 3.63) is 73.0 Å². The molecule has 0 aliphatic heterocycles. The number of hydrogen-bond donors (Lipinski definition) is 1. The molecule has 1 N–H and O–H groups in total. The molecule has 0 aromatic heterocycles. The normalized spacial score (nSPS) is 10.2. The number of ether oxygens (including phenoxy) is 1. The number of carbonyl (C=O) groups excluding carboxylic acids is 1. The van der Waals surface area contributed by atoms with E-state index in [1.165, 1.54) is 51.2 Å². The molecule has 0 fully saturated rings. The summed E-state index contributed by atoms with van der Waals surface area (Å²) in [7, 11) is 0. The summed E-state index contributed by atoms with van der Waals surface area (Å²) >= 11 is -0.992. The molecule has 2 aromatic rings. The number of allylic oxidation sites excluding steroid dienone is 1. The second-order valence-electron chi connectivity index (χ2n) is 8.17. The van der Waals surface area contributed by atoms with Crippen molar-refractivity contribution in [1.82, 2.24) is 0 Å². The summed E-state index contributed by atoms with van der Waals surface area (Å²) in [5, 5.41) is 8.40. The molecule has 176 valence electrons. The van der Waals surface area contributed by atoms with E-state index in [0.717, 1.165) is 12.8 Å². The van der Waals surface area contributed by atoms with Gasteiger partial charge >= 0.3 is 103 Å². The molecule has 0 bridgehead atoms. The van der Waals surface area contributed by atoms with Gasteiger partial charge in [0, 0.05) is 0 Å². The monoisotopic (exact) mass is 640 g/mol. The summed E-state index contributed by atoms with van der Waals surface area (Å²) in [5.74, 6) is -1.47. The van der Waals surface area contributed by atoms with Crippen molar-refractivity contribution < 1.29 is 44.0 Å². The summed E-state index contributed by atoms with van der Waals surface area (Å²) in [6.07, 6.45) is 14.1. The van der Waals surface area contributed by atoms with Gasteiger partial charge in [0.1, 0.15) is 0 Å². The molecule has 0 aliphatic rings. The summed E-state index contributed by atoms with van der Waals surface area (Å²) < 4.78 is 7.96. The molecule has 0 spiro atoms. The molecule has 0 saturated carbocycles. The summed E-state index contributed by atoms with van der Waals surface area (Å²) in [5.41, 5.74) is 0. The fraction of sp³-hybridized carbons (Fsp3) is 0.429. The first-order valence-corrected chi connectivity index (χ1v) is 17.8. The van der Waals surface area contributed by atoms with Crippen LogP contribution in [0.2, 0.25) is 0 Å². The van der Waals surface area contributed by atoms with E-state index in [2.05, 4.69) is 67.6 Å². The van der Waals surface area contributed by atoms with Gasteiger partial charge in [0.2, 0.25) is 0 Å². The van der Waals surface area contributed by atoms with Crippen LogP contribution >= 0.6 is 0 Å². The predicted molar refractivity (Wildman–Crippen MR) is 131 cm³/mol. The van der Waals surface area contributed by atoms with E-state index in [1.807, 2.05) is 6.08 Å². The van der Waals surface area contributed by atoms with Crippen LogP contribution in [0, 0.1) is 0 Å². The number of rotatable bonds is 15. The number of hydrogen-bond acceptors (Lipinski definition) is 3. The van der Waals surface area contributed by atoms with E-state index in [1.54, 1.807) is 6.14 Å². The Morgan fingerprint density at radius 3 is 1.82 bits per heavy atom. The van der Waals surface area contributed by atoms with Gasteiger partial charge in [-0.15, -0.1) is 0 Å². The van der Waals surface area contributed by atoms with Crippen molar-refractivity contribution in [2.75, 3.05) is 0 Å². The second-order valence-corrected chi connectivity index (χ2v) is 15.9. The second kappa shape index (κ2) is 20.6. The maximum absolute atomic E-state index is 11.1. The van der Waals surface area contributed by atoms with Crippen molar-refractivity contribution in [3.63, 3.8) is 0 Å². The van der Waals surface area contributed by atoms with Crippen LogP contribution in [0.4, 0.5) is 0 Å². The minimum atomic E-state index is -0.992. The topological polar surface area (TPSA) is 63.6 Å².